The van der Waals surface area contributed by atoms with Crippen LogP contribution in [0.15, 0.2) is 48.7 Å². The zero-order chi connectivity index (χ0) is 25.4. The first-order valence-corrected chi connectivity index (χ1v) is 12.0. The van der Waals surface area contributed by atoms with Gasteiger partial charge in [-0.05, 0) is 48.1 Å². The summed E-state index contributed by atoms with van der Waals surface area (Å²) in [4.78, 5) is 0. The number of alkyl halides is 6. The van der Waals surface area contributed by atoms with Crippen molar-refractivity contribution in [2.24, 2.45) is 11.1 Å². The molecule has 0 saturated carbocycles. The Morgan fingerprint density at radius 3 is 2.21 bits per heavy atom. The van der Waals surface area contributed by atoms with Gasteiger partial charge in [-0.1, -0.05) is 44.2 Å². The van der Waals surface area contributed by atoms with Crippen LogP contribution in [0.5, 0.6) is 0 Å². The van der Waals surface area contributed by atoms with Crippen LogP contribution in [0.25, 0.3) is 22.0 Å². The van der Waals surface area contributed by atoms with Crippen molar-refractivity contribution in [2.45, 2.75) is 57.3 Å². The van der Waals surface area contributed by atoms with Crippen LogP contribution in [0.3, 0.4) is 0 Å². The molecule has 2 aromatic carbocycles. The van der Waals surface area contributed by atoms with Crippen molar-refractivity contribution in [3.8, 4) is 11.1 Å². The number of hydrogen-bond acceptors (Lipinski definition) is 1. The maximum absolute atomic E-state index is 14.1. The van der Waals surface area contributed by atoms with E-state index in [1.54, 1.807) is 4.57 Å². The van der Waals surface area contributed by atoms with Gasteiger partial charge in [-0.2, -0.15) is 26.3 Å². The number of nitrogens with two attached hydrogens (primary N) is 1. The molecule has 0 amide bonds. The minimum atomic E-state index is -4.62. The van der Waals surface area contributed by atoms with E-state index in [-0.39, 0.29) is 22.6 Å². The smallest absolute Gasteiger partial charge is 0.347 e. The second kappa shape index (κ2) is 9.73. The predicted octanol–water partition coefficient (Wildman–Crippen LogP) is 7.03. The Kier molecular flexibility index (Phi) is 7.52. The zero-order valence-corrected chi connectivity index (χ0v) is 19.7. The van der Waals surface area contributed by atoms with Gasteiger partial charge in [0.2, 0.25) is 0 Å². The van der Waals surface area contributed by atoms with Crippen LogP contribution in [0.1, 0.15) is 44.2 Å². The highest BCUT2D eigenvalue weighted by Gasteiger charge is 2.43. The van der Waals surface area contributed by atoms with Gasteiger partial charge in [-0.25, -0.2) is 4.21 Å². The first kappa shape index (κ1) is 26.3. The number of halogens is 6. The molecule has 1 heterocycles. The lowest BCUT2D eigenvalue weighted by atomic mass is 9.92. The summed E-state index contributed by atoms with van der Waals surface area (Å²) in [6.45, 7) is 5.57. The lowest BCUT2D eigenvalue weighted by molar-refractivity contribution is -0.151. The second-order valence-electron chi connectivity index (χ2n) is 8.87. The summed E-state index contributed by atoms with van der Waals surface area (Å²) in [7, 11) is -1.93. The minimum absolute atomic E-state index is 0.00361. The van der Waals surface area contributed by atoms with Crippen molar-refractivity contribution in [1.82, 2.24) is 4.57 Å². The highest BCUT2D eigenvalue weighted by Crippen LogP contribution is 2.44. The molecule has 2 unspecified atom stereocenters. The van der Waals surface area contributed by atoms with Crippen LogP contribution in [-0.2, 0) is 23.7 Å². The van der Waals surface area contributed by atoms with E-state index in [1.165, 1.54) is 49.5 Å². The third kappa shape index (κ3) is 5.66. The van der Waals surface area contributed by atoms with E-state index in [4.69, 9.17) is 5.14 Å². The van der Waals surface area contributed by atoms with Crippen molar-refractivity contribution in [3.63, 3.8) is 0 Å². The largest absolute Gasteiger partial charge is 0.417 e. The van der Waals surface area contributed by atoms with E-state index in [0.717, 1.165) is 6.07 Å². The molecule has 3 aromatic rings. The monoisotopic (exact) mass is 504 g/mol. The van der Waals surface area contributed by atoms with Gasteiger partial charge < -0.3 is 4.57 Å². The van der Waals surface area contributed by atoms with Crippen LogP contribution in [-0.4, -0.2) is 20.2 Å². The van der Waals surface area contributed by atoms with Crippen molar-refractivity contribution in [3.05, 3.63) is 59.8 Å². The third-order valence-corrected chi connectivity index (χ3v) is 6.74. The van der Waals surface area contributed by atoms with Crippen LogP contribution >= 0.6 is 0 Å². The maximum atomic E-state index is 14.1. The molecule has 186 valence electrons. The fourth-order valence-electron chi connectivity index (χ4n) is 4.16. The molecule has 3 nitrogen and oxygen atoms in total. The summed E-state index contributed by atoms with van der Waals surface area (Å²) in [6.07, 6.45) is -8.25. The quantitative estimate of drug-likeness (QED) is 0.345. The van der Waals surface area contributed by atoms with Crippen molar-refractivity contribution < 1.29 is 30.6 Å². The number of hydrogen-bond donors (Lipinski definition) is 1. The average Bonchev–Trinajstić information content (AvgIpc) is 3.06. The topological polar surface area (TPSA) is 48.0 Å². The first-order chi connectivity index (χ1) is 15.7. The third-order valence-electron chi connectivity index (χ3n) is 5.75. The molecule has 2 N–H and O–H groups in total. The summed E-state index contributed by atoms with van der Waals surface area (Å²) >= 11 is 0. The summed E-state index contributed by atoms with van der Waals surface area (Å²) in [5, 5.41) is 4.73. The van der Waals surface area contributed by atoms with E-state index < -0.39 is 46.5 Å². The molecular weight excluding hydrogens is 478 g/mol. The van der Waals surface area contributed by atoms with E-state index in [1.807, 2.05) is 13.8 Å². The van der Waals surface area contributed by atoms with Gasteiger partial charge in [-0.3, -0.25) is 5.14 Å². The predicted molar refractivity (Wildman–Crippen MR) is 122 cm³/mol. The van der Waals surface area contributed by atoms with E-state index in [2.05, 4.69) is 0 Å². The van der Waals surface area contributed by atoms with E-state index in [0.29, 0.717) is 17.4 Å². The van der Waals surface area contributed by atoms with Gasteiger partial charge >= 0.3 is 12.4 Å². The number of aromatic nitrogens is 1. The van der Waals surface area contributed by atoms with Gasteiger partial charge in [0.1, 0.15) is 0 Å². The number of rotatable bonds is 7. The molecule has 0 aliphatic heterocycles. The van der Waals surface area contributed by atoms with Crippen molar-refractivity contribution >= 4 is 21.9 Å². The Labute approximate surface area is 196 Å². The molecule has 3 rings (SSSR count). The van der Waals surface area contributed by atoms with E-state index in [9.17, 15) is 30.6 Å². The Morgan fingerprint density at radius 1 is 1.00 bits per heavy atom. The second-order valence-corrected chi connectivity index (χ2v) is 10.3. The van der Waals surface area contributed by atoms with Gasteiger partial charge in [0.15, 0.2) is 0 Å². The summed E-state index contributed by atoms with van der Waals surface area (Å²) in [5.74, 6) is -1.84. The Morgan fingerprint density at radius 2 is 1.65 bits per heavy atom. The molecule has 10 heteroatoms. The van der Waals surface area contributed by atoms with Gasteiger partial charge in [0.25, 0.3) is 0 Å². The summed E-state index contributed by atoms with van der Waals surface area (Å²) < 4.78 is 96.2. The molecular formula is C24H26F6N2OS. The molecule has 0 aliphatic carbocycles. The maximum Gasteiger partial charge on any atom is 0.417 e. The molecule has 3 atom stereocenters. The Hall–Kier alpha value is -2.33. The van der Waals surface area contributed by atoms with Gasteiger partial charge in [0.05, 0.1) is 22.5 Å². The zero-order valence-electron chi connectivity index (χ0n) is 18.9. The number of fused-ring (bicyclic) bond motifs is 1. The molecule has 0 aliphatic rings. The molecule has 0 fully saturated rings. The molecule has 0 radical (unpaired) electrons. The molecule has 0 bridgehead atoms. The van der Waals surface area contributed by atoms with Crippen LogP contribution in [0, 0.1) is 5.92 Å². The fraction of sp³-hybridized carbons (Fsp3) is 0.417. The first-order valence-electron chi connectivity index (χ1n) is 10.7. The van der Waals surface area contributed by atoms with Crippen LogP contribution in [0.2, 0.25) is 0 Å². The molecule has 34 heavy (non-hydrogen) atoms. The summed E-state index contributed by atoms with van der Waals surface area (Å²) in [5.41, 5.74) is -0.195. The molecule has 0 spiro atoms. The normalized spacial score (nSPS) is 15.6. The van der Waals surface area contributed by atoms with Crippen LogP contribution < -0.4 is 5.14 Å². The lowest BCUT2D eigenvalue weighted by Crippen LogP contribution is -2.28. The SMILES string of the molecule is CC(C)Cn1cc([C@H](CC(C)S(N)=O)C(F)(F)F)c2ccc(-c3ccccc3C(F)(F)F)cc21. The van der Waals surface area contributed by atoms with Crippen molar-refractivity contribution in [2.75, 3.05) is 0 Å². The van der Waals surface area contributed by atoms with Gasteiger partial charge in [0, 0.05) is 28.9 Å². The van der Waals surface area contributed by atoms with E-state index >= 15 is 0 Å². The summed E-state index contributed by atoms with van der Waals surface area (Å²) in [6, 6.07) is 9.45. The lowest BCUT2D eigenvalue weighted by Gasteiger charge is -2.22. The Balaban J connectivity index is 2.23. The Bertz CT molecular complexity index is 1180. The highest BCUT2D eigenvalue weighted by atomic mass is 32.2. The van der Waals surface area contributed by atoms with Gasteiger partial charge in [-0.15, -0.1) is 0 Å². The minimum Gasteiger partial charge on any atom is -0.347 e. The highest BCUT2D eigenvalue weighted by molar-refractivity contribution is 7.83. The fourth-order valence-corrected chi connectivity index (χ4v) is 4.54. The molecule has 0 saturated heterocycles. The van der Waals surface area contributed by atoms with Crippen molar-refractivity contribution in [1.29, 1.82) is 0 Å². The average molecular weight is 505 g/mol. The van der Waals surface area contributed by atoms with Crippen LogP contribution in [0.4, 0.5) is 26.3 Å². The standard InChI is InChI=1S/C24H26F6N2OS/c1-14(2)12-32-13-19(21(24(28,29)30)10-15(3)34(31)33)18-9-8-16(11-22(18)32)17-6-4-5-7-20(17)23(25,26)27/h4-9,11,13-15,21H,10,12,31H2,1-3H3/t15?,21-,34?/m0/s1. The number of nitrogens with zero attached hydrogens (tertiary/aromatic N) is 1. The number of benzene rings is 2. The molecule has 1 aromatic heterocycles.